The highest BCUT2D eigenvalue weighted by Crippen LogP contribution is 2.66. The Hall–Kier alpha value is -2.00. The quantitative estimate of drug-likeness (QED) is 0.128. The SMILES string of the molecule is C#CC1(O)[C@@H](O)[C@@H]([C@@H](C)OP(=O)(O)OP(=O)(O)OP(=O)(O)O)O[C@H]1n1cnc2c(=O)[nH]c(N)nc21. The Morgan fingerprint density at radius 1 is 1.29 bits per heavy atom. The summed E-state index contributed by atoms with van der Waals surface area (Å²) in [6.07, 6.45) is -0.866. The van der Waals surface area contributed by atoms with E-state index in [1.54, 1.807) is 0 Å². The smallest absolute Gasteiger partial charge is 0.386 e. The second-order valence-corrected chi connectivity index (χ2v) is 11.4. The van der Waals surface area contributed by atoms with Gasteiger partial charge in [0.2, 0.25) is 5.95 Å². The molecule has 0 aromatic carbocycles. The molecule has 1 aliphatic rings. The number of aromatic amines is 1. The van der Waals surface area contributed by atoms with Gasteiger partial charge in [-0.1, -0.05) is 5.92 Å². The van der Waals surface area contributed by atoms with Crippen LogP contribution < -0.4 is 11.3 Å². The maximum Gasteiger partial charge on any atom is 0.490 e. The number of nitrogens with zero attached hydrogens (tertiary/aromatic N) is 3. The summed E-state index contributed by atoms with van der Waals surface area (Å²) < 4.78 is 52.7. The fourth-order valence-electron chi connectivity index (χ4n) is 3.21. The molecule has 3 heterocycles. The van der Waals surface area contributed by atoms with Crippen molar-refractivity contribution in [2.45, 2.75) is 37.1 Å². The summed E-state index contributed by atoms with van der Waals surface area (Å²) in [6, 6.07) is 0. The molecule has 0 aliphatic carbocycles. The lowest BCUT2D eigenvalue weighted by atomic mass is 9.93. The summed E-state index contributed by atoms with van der Waals surface area (Å²) in [6.45, 7) is 0.999. The minimum Gasteiger partial charge on any atom is -0.386 e. The molecule has 0 spiro atoms. The number of terminal acetylenes is 1. The average Bonchev–Trinajstić information content (AvgIpc) is 3.18. The molecule has 0 amide bonds. The van der Waals surface area contributed by atoms with Gasteiger partial charge in [0.25, 0.3) is 5.56 Å². The normalized spacial score (nSPS) is 29.4. The minimum atomic E-state index is -5.81. The first-order valence-electron chi connectivity index (χ1n) is 8.97. The third-order valence-corrected chi connectivity index (χ3v) is 8.46. The molecule has 35 heavy (non-hydrogen) atoms. The van der Waals surface area contributed by atoms with Gasteiger partial charge >= 0.3 is 23.5 Å². The predicted octanol–water partition coefficient (Wildman–Crippen LogP) is -1.94. The van der Waals surface area contributed by atoms with Crippen LogP contribution in [0.5, 0.6) is 0 Å². The number of nitrogen functional groups attached to an aromatic ring is 1. The van der Waals surface area contributed by atoms with Crippen LogP contribution in [-0.2, 0) is 31.6 Å². The van der Waals surface area contributed by atoms with E-state index in [1.165, 1.54) is 0 Å². The van der Waals surface area contributed by atoms with Crippen molar-refractivity contribution in [1.82, 2.24) is 19.5 Å². The molecule has 19 nitrogen and oxygen atoms in total. The Bertz CT molecular complexity index is 1380. The first-order chi connectivity index (χ1) is 15.9. The number of phosphoric acid groups is 3. The molecule has 3 rings (SSSR count). The van der Waals surface area contributed by atoms with Gasteiger partial charge in [-0.15, -0.1) is 6.42 Å². The molecule has 22 heteroatoms. The zero-order chi connectivity index (χ0) is 26.6. The zero-order valence-electron chi connectivity index (χ0n) is 17.2. The van der Waals surface area contributed by atoms with Crippen LogP contribution in [0.25, 0.3) is 11.2 Å². The van der Waals surface area contributed by atoms with Crippen LogP contribution in [0.1, 0.15) is 13.2 Å². The van der Waals surface area contributed by atoms with Gasteiger partial charge in [0.05, 0.1) is 12.4 Å². The van der Waals surface area contributed by atoms with Gasteiger partial charge in [-0.2, -0.15) is 13.6 Å². The summed E-state index contributed by atoms with van der Waals surface area (Å²) in [7, 11) is -17.0. The zero-order valence-corrected chi connectivity index (χ0v) is 19.9. The third-order valence-electron chi connectivity index (χ3n) is 4.54. The topological polar surface area (TPSA) is 299 Å². The Labute approximate surface area is 193 Å². The molecule has 2 aromatic rings. The van der Waals surface area contributed by atoms with Crippen molar-refractivity contribution in [3.8, 4) is 12.3 Å². The largest absolute Gasteiger partial charge is 0.490 e. The number of H-pyrrole nitrogens is 1. The number of nitrogens with two attached hydrogens (primary N) is 1. The number of ether oxygens (including phenoxy) is 1. The summed E-state index contributed by atoms with van der Waals surface area (Å²) in [5.74, 6) is 1.58. The summed E-state index contributed by atoms with van der Waals surface area (Å²) in [5, 5.41) is 21.5. The van der Waals surface area contributed by atoms with Gasteiger partial charge in [0.1, 0.15) is 12.2 Å². The maximum absolute atomic E-state index is 12.1. The molecule has 1 fully saturated rings. The fraction of sp³-hybridized carbons (Fsp3) is 0.462. The monoisotopic (exact) mass is 561 g/mol. The lowest BCUT2D eigenvalue weighted by Gasteiger charge is -2.27. The van der Waals surface area contributed by atoms with E-state index in [2.05, 4.69) is 28.1 Å². The van der Waals surface area contributed by atoms with Crippen molar-refractivity contribution >= 4 is 40.6 Å². The number of aliphatic hydroxyl groups excluding tert-OH is 1. The van der Waals surface area contributed by atoms with Crippen molar-refractivity contribution < 1.29 is 61.4 Å². The molecule has 0 bridgehead atoms. The van der Waals surface area contributed by atoms with Crippen molar-refractivity contribution in [1.29, 1.82) is 0 Å². The van der Waals surface area contributed by atoms with Crippen molar-refractivity contribution in [3.05, 3.63) is 16.7 Å². The number of fused-ring (bicyclic) bond motifs is 1. The minimum absolute atomic E-state index is 0.210. The Morgan fingerprint density at radius 3 is 2.49 bits per heavy atom. The van der Waals surface area contributed by atoms with E-state index in [-0.39, 0.29) is 17.1 Å². The lowest BCUT2D eigenvalue weighted by Crippen LogP contribution is -2.47. The number of aliphatic hydroxyl groups is 2. The van der Waals surface area contributed by atoms with Crippen LogP contribution in [0.15, 0.2) is 11.1 Å². The van der Waals surface area contributed by atoms with Crippen LogP contribution in [0.2, 0.25) is 0 Å². The van der Waals surface area contributed by atoms with Crippen LogP contribution in [0, 0.1) is 12.3 Å². The summed E-state index contributed by atoms with van der Waals surface area (Å²) in [5.41, 5.74) is 1.76. The van der Waals surface area contributed by atoms with E-state index in [0.29, 0.717) is 0 Å². The second-order valence-electron chi connectivity index (χ2n) is 7.04. The van der Waals surface area contributed by atoms with Crippen LogP contribution >= 0.6 is 23.5 Å². The van der Waals surface area contributed by atoms with Crippen molar-refractivity contribution in [2.24, 2.45) is 0 Å². The molecule has 0 saturated carbocycles. The first kappa shape index (κ1) is 27.6. The predicted molar refractivity (Wildman–Crippen MR) is 111 cm³/mol. The molecular formula is C13H18N5O14P3. The number of hydrogen-bond donors (Lipinski definition) is 8. The van der Waals surface area contributed by atoms with Gasteiger partial charge in [-0.25, -0.2) is 18.7 Å². The molecule has 0 radical (unpaired) electrons. The van der Waals surface area contributed by atoms with Gasteiger partial charge in [-0.05, 0) is 6.92 Å². The Morgan fingerprint density at radius 2 is 1.91 bits per heavy atom. The molecule has 9 N–H and O–H groups in total. The lowest BCUT2D eigenvalue weighted by molar-refractivity contribution is -0.0831. The number of nitrogens with one attached hydrogen (secondary N) is 1. The Kier molecular flexibility index (Phi) is 7.20. The number of anilines is 1. The highest BCUT2D eigenvalue weighted by molar-refractivity contribution is 7.66. The Balaban J connectivity index is 1.89. The number of hydrogen-bond acceptors (Lipinski definition) is 13. The second kappa shape index (κ2) is 9.14. The van der Waals surface area contributed by atoms with E-state index in [0.717, 1.165) is 17.8 Å². The highest BCUT2D eigenvalue weighted by atomic mass is 31.3. The number of rotatable bonds is 8. The van der Waals surface area contributed by atoms with Crippen LogP contribution in [-0.4, -0.2) is 73.2 Å². The highest BCUT2D eigenvalue weighted by Gasteiger charge is 2.58. The summed E-state index contributed by atoms with van der Waals surface area (Å²) in [4.78, 5) is 58.0. The molecule has 1 aliphatic heterocycles. The third kappa shape index (κ3) is 5.71. The van der Waals surface area contributed by atoms with Crippen molar-refractivity contribution in [3.63, 3.8) is 0 Å². The van der Waals surface area contributed by atoms with Crippen LogP contribution in [0.3, 0.4) is 0 Å². The van der Waals surface area contributed by atoms with Crippen molar-refractivity contribution in [2.75, 3.05) is 5.73 Å². The van der Waals surface area contributed by atoms with E-state index < -0.39 is 59.2 Å². The molecule has 194 valence electrons. The van der Waals surface area contributed by atoms with E-state index in [1.807, 2.05) is 5.92 Å². The molecule has 2 aromatic heterocycles. The molecule has 1 saturated heterocycles. The van der Waals surface area contributed by atoms with E-state index in [9.17, 15) is 38.5 Å². The van der Waals surface area contributed by atoms with Gasteiger partial charge in [0.15, 0.2) is 23.0 Å². The van der Waals surface area contributed by atoms with Gasteiger partial charge < -0.3 is 40.3 Å². The summed E-state index contributed by atoms with van der Waals surface area (Å²) >= 11 is 0. The number of imidazole rings is 1. The molecule has 3 unspecified atom stereocenters. The maximum atomic E-state index is 12.1. The first-order valence-corrected chi connectivity index (χ1v) is 13.5. The number of aromatic nitrogens is 4. The van der Waals surface area contributed by atoms with E-state index in [4.69, 9.17) is 26.7 Å². The molecule has 7 atom stereocenters. The standard InChI is InChI=1S/C13H18N5O14P3/c1-3-13(21)8(19)7(5(2)30-34(25,26)32-35(27,28)31-33(22,23)24)29-11(13)18-4-15-6-9(18)16-12(14)17-10(6)20/h1,4-5,7-8,11,19,21H,2H3,(H,25,26)(H,27,28)(H2,22,23,24)(H3,14,16,17,20)/t5-,7-,8+,11-,13?/m1/s1. The van der Waals surface area contributed by atoms with Gasteiger partial charge in [0, 0.05) is 0 Å². The van der Waals surface area contributed by atoms with Crippen LogP contribution in [0.4, 0.5) is 5.95 Å². The van der Waals surface area contributed by atoms with E-state index >= 15 is 0 Å². The fourth-order valence-corrected chi connectivity index (χ4v) is 6.41. The van der Waals surface area contributed by atoms with Gasteiger partial charge in [-0.3, -0.25) is 18.9 Å². The average molecular weight is 561 g/mol. The molecular weight excluding hydrogens is 543 g/mol. The number of phosphoric ester groups is 1.